The number of aliphatic hydroxyl groups is 6. The number of rotatable bonds is 43. The van der Waals surface area contributed by atoms with Crippen LogP contribution in [0.4, 0.5) is 0 Å². The van der Waals surface area contributed by atoms with E-state index in [1.54, 1.807) is 12.2 Å². The van der Waals surface area contributed by atoms with Crippen molar-refractivity contribution in [2.75, 3.05) is 6.61 Å². The van der Waals surface area contributed by atoms with E-state index in [9.17, 15) is 35.4 Å². The predicted octanol–water partition coefficient (Wildman–Crippen LogP) is 11.1. The van der Waals surface area contributed by atoms with Crippen LogP contribution >= 0.6 is 0 Å². The second kappa shape index (κ2) is 40.7. The number of aliphatic hydroxyl groups excluding tert-OH is 6. The highest BCUT2D eigenvalue weighted by molar-refractivity contribution is 5.76. The molecule has 1 heterocycles. The molecular formula is C51H99NO8. The van der Waals surface area contributed by atoms with E-state index < -0.39 is 55.4 Å². The number of hydrogen-bond acceptors (Lipinski definition) is 8. The monoisotopic (exact) mass is 854 g/mol. The van der Waals surface area contributed by atoms with Crippen LogP contribution in [0.25, 0.3) is 0 Å². The maximum absolute atomic E-state index is 13.0. The standard InChI is InChI=1S/C51H99NO8/c1-3-5-7-9-11-13-15-17-18-19-20-21-22-23-24-25-27-29-31-33-35-41-47(55)52-43(38-36-37-40-45-49(57)51(59)50(58)46(42-53)60-45)48(56)44(54)39-34-32-30-28-26-16-14-12-10-8-6-4-2/h36,38,43-46,48-51,53-54,56-59H,3-35,37,39-42H2,1-2H3,(H,52,55)/t43?,44?,45-,46?,48?,49?,50+,51?/m1/s1. The summed E-state index contributed by atoms with van der Waals surface area (Å²) in [7, 11) is 0. The second-order valence-electron chi connectivity index (χ2n) is 18.5. The van der Waals surface area contributed by atoms with Crippen molar-refractivity contribution in [1.82, 2.24) is 5.32 Å². The van der Waals surface area contributed by atoms with Crippen LogP contribution < -0.4 is 5.32 Å². The zero-order chi connectivity index (χ0) is 43.9. The first-order valence-corrected chi connectivity index (χ1v) is 25.9. The Bertz CT molecular complexity index is 965. The first kappa shape index (κ1) is 56.9. The molecule has 6 unspecified atom stereocenters. The third-order valence-corrected chi connectivity index (χ3v) is 12.9. The highest BCUT2D eigenvalue weighted by atomic mass is 16.5. The Balaban J connectivity index is 2.34. The highest BCUT2D eigenvalue weighted by Gasteiger charge is 2.42. The van der Waals surface area contributed by atoms with Gasteiger partial charge in [0.25, 0.3) is 0 Å². The lowest BCUT2D eigenvalue weighted by atomic mass is 9.92. The SMILES string of the molecule is CCCCCCCCCCCCCCCCCCCCCCCC(=O)NC(C=CCC[C@H]1OC(CO)[C@H](O)C(O)C1O)C(O)C(O)CCCCCCCCCCCCCC. The molecule has 1 rings (SSSR count). The molecule has 7 N–H and O–H groups in total. The number of carbonyl (C=O) groups excluding carboxylic acids is 1. The topological polar surface area (TPSA) is 160 Å². The van der Waals surface area contributed by atoms with Gasteiger partial charge in [-0.1, -0.05) is 231 Å². The van der Waals surface area contributed by atoms with Crippen LogP contribution in [-0.4, -0.2) is 91.9 Å². The fourth-order valence-corrected chi connectivity index (χ4v) is 8.75. The van der Waals surface area contributed by atoms with Crippen molar-refractivity contribution in [3.05, 3.63) is 12.2 Å². The quantitative estimate of drug-likeness (QED) is 0.0236. The molecule has 0 aromatic rings. The molecule has 8 atom stereocenters. The fourth-order valence-electron chi connectivity index (χ4n) is 8.75. The number of hydrogen-bond donors (Lipinski definition) is 7. The van der Waals surface area contributed by atoms with Crippen molar-refractivity contribution in [2.24, 2.45) is 0 Å². The minimum atomic E-state index is -1.42. The smallest absolute Gasteiger partial charge is 0.220 e. The number of allylic oxidation sites excluding steroid dienone is 1. The Morgan fingerprint density at radius 2 is 0.900 bits per heavy atom. The maximum atomic E-state index is 13.0. The van der Waals surface area contributed by atoms with Crippen LogP contribution in [0, 0.1) is 0 Å². The van der Waals surface area contributed by atoms with E-state index >= 15 is 0 Å². The largest absolute Gasteiger partial charge is 0.394 e. The van der Waals surface area contributed by atoms with Crippen LogP contribution in [0.3, 0.4) is 0 Å². The van der Waals surface area contributed by atoms with Crippen molar-refractivity contribution < 1.29 is 40.2 Å². The first-order chi connectivity index (χ1) is 29.3. The van der Waals surface area contributed by atoms with Crippen molar-refractivity contribution in [1.29, 1.82) is 0 Å². The summed E-state index contributed by atoms with van der Waals surface area (Å²) in [6, 6.07) is -0.769. The molecule has 0 bridgehead atoms. The van der Waals surface area contributed by atoms with Gasteiger partial charge in [-0.2, -0.15) is 0 Å². The predicted molar refractivity (Wildman–Crippen MR) is 249 cm³/mol. The van der Waals surface area contributed by atoms with Gasteiger partial charge in [0.1, 0.15) is 30.5 Å². The highest BCUT2D eigenvalue weighted by Crippen LogP contribution is 2.25. The molecule has 0 aromatic heterocycles. The van der Waals surface area contributed by atoms with E-state index in [1.807, 2.05) is 0 Å². The van der Waals surface area contributed by atoms with Crippen molar-refractivity contribution in [3.8, 4) is 0 Å². The average molecular weight is 854 g/mol. The molecule has 1 amide bonds. The van der Waals surface area contributed by atoms with E-state index in [-0.39, 0.29) is 5.91 Å². The first-order valence-electron chi connectivity index (χ1n) is 25.9. The molecule has 9 nitrogen and oxygen atoms in total. The molecule has 356 valence electrons. The molecule has 0 aromatic carbocycles. The number of nitrogens with one attached hydrogen (secondary N) is 1. The van der Waals surface area contributed by atoms with Gasteiger partial charge < -0.3 is 40.7 Å². The van der Waals surface area contributed by atoms with Crippen LogP contribution in [0.15, 0.2) is 12.2 Å². The Kier molecular flexibility index (Phi) is 38.6. The summed E-state index contributed by atoms with van der Waals surface area (Å²) in [6.45, 7) is 4.05. The lowest BCUT2D eigenvalue weighted by Gasteiger charge is -2.40. The Hall–Kier alpha value is -1.07. The van der Waals surface area contributed by atoms with Crippen molar-refractivity contribution in [2.45, 2.75) is 300 Å². The molecule has 9 heteroatoms. The molecule has 0 aliphatic carbocycles. The minimum absolute atomic E-state index is 0.145. The average Bonchev–Trinajstić information content (AvgIpc) is 3.25. The van der Waals surface area contributed by atoms with Gasteiger partial charge in [-0.05, 0) is 25.7 Å². The van der Waals surface area contributed by atoms with Crippen LogP contribution in [0.5, 0.6) is 0 Å². The zero-order valence-electron chi connectivity index (χ0n) is 39.1. The number of amides is 1. The summed E-state index contributed by atoms with van der Waals surface area (Å²) in [5.41, 5.74) is 0. The van der Waals surface area contributed by atoms with Gasteiger partial charge >= 0.3 is 0 Å². The number of carbonyl (C=O) groups is 1. The summed E-state index contributed by atoms with van der Waals surface area (Å²) >= 11 is 0. The van der Waals surface area contributed by atoms with Crippen LogP contribution in [0.1, 0.15) is 251 Å². The second-order valence-corrected chi connectivity index (χ2v) is 18.5. The van der Waals surface area contributed by atoms with Crippen LogP contribution in [-0.2, 0) is 9.53 Å². The lowest BCUT2D eigenvalue weighted by molar-refractivity contribution is -0.230. The van der Waals surface area contributed by atoms with Gasteiger partial charge in [0, 0.05) is 6.42 Å². The van der Waals surface area contributed by atoms with Crippen LogP contribution in [0.2, 0.25) is 0 Å². The molecule has 0 saturated carbocycles. The van der Waals surface area contributed by atoms with E-state index in [4.69, 9.17) is 4.74 Å². The molecule has 60 heavy (non-hydrogen) atoms. The number of ether oxygens (including phenoxy) is 1. The van der Waals surface area contributed by atoms with Gasteiger partial charge in [-0.25, -0.2) is 0 Å². The molecule has 0 spiro atoms. The summed E-state index contributed by atoms with van der Waals surface area (Å²) in [5.74, 6) is -0.145. The molecular weight excluding hydrogens is 755 g/mol. The maximum Gasteiger partial charge on any atom is 0.220 e. The Morgan fingerprint density at radius 1 is 0.533 bits per heavy atom. The molecule has 1 fully saturated rings. The molecule has 1 saturated heterocycles. The third-order valence-electron chi connectivity index (χ3n) is 12.9. The fraction of sp³-hybridized carbons (Fsp3) is 0.941. The lowest BCUT2D eigenvalue weighted by Crippen LogP contribution is -2.58. The van der Waals surface area contributed by atoms with E-state index in [0.29, 0.717) is 25.7 Å². The van der Waals surface area contributed by atoms with E-state index in [1.165, 1.54) is 173 Å². The molecule has 0 radical (unpaired) electrons. The minimum Gasteiger partial charge on any atom is -0.394 e. The normalized spacial score (nSPS) is 21.1. The summed E-state index contributed by atoms with van der Waals surface area (Å²) in [4.78, 5) is 13.0. The number of unbranched alkanes of at least 4 members (excludes halogenated alkanes) is 31. The molecule has 1 aliphatic rings. The van der Waals surface area contributed by atoms with E-state index in [0.717, 1.165) is 38.5 Å². The molecule has 1 aliphatic heterocycles. The van der Waals surface area contributed by atoms with Gasteiger partial charge in [-0.15, -0.1) is 0 Å². The third kappa shape index (κ3) is 30.1. The zero-order valence-corrected chi connectivity index (χ0v) is 39.1. The Morgan fingerprint density at radius 3 is 1.30 bits per heavy atom. The summed E-state index contributed by atoms with van der Waals surface area (Å²) < 4.78 is 5.63. The van der Waals surface area contributed by atoms with Gasteiger partial charge in [0.2, 0.25) is 5.91 Å². The summed E-state index contributed by atoms with van der Waals surface area (Å²) in [5, 5.41) is 65.3. The van der Waals surface area contributed by atoms with Crippen molar-refractivity contribution >= 4 is 5.91 Å². The Labute approximate surface area is 369 Å². The van der Waals surface area contributed by atoms with Crippen molar-refractivity contribution in [3.63, 3.8) is 0 Å². The van der Waals surface area contributed by atoms with E-state index in [2.05, 4.69) is 19.2 Å². The van der Waals surface area contributed by atoms with Gasteiger partial charge in [0.05, 0.1) is 24.9 Å². The van der Waals surface area contributed by atoms with Gasteiger partial charge in [-0.3, -0.25) is 4.79 Å². The summed E-state index contributed by atoms with van der Waals surface area (Å²) in [6.07, 6.45) is 39.2. The van der Waals surface area contributed by atoms with Gasteiger partial charge in [0.15, 0.2) is 0 Å².